The van der Waals surface area contributed by atoms with E-state index < -0.39 is 0 Å². The minimum Gasteiger partial charge on any atom is -0.344 e. The second-order valence-electron chi connectivity index (χ2n) is 8.27. The van der Waals surface area contributed by atoms with Crippen LogP contribution >= 0.6 is 11.6 Å². The van der Waals surface area contributed by atoms with Gasteiger partial charge in [0.25, 0.3) is 0 Å². The van der Waals surface area contributed by atoms with Crippen LogP contribution < -0.4 is 5.32 Å². The first-order valence-electron chi connectivity index (χ1n) is 10.9. The molecule has 1 saturated heterocycles. The van der Waals surface area contributed by atoms with Crippen molar-refractivity contribution in [3.8, 4) is 0 Å². The molecule has 1 aliphatic carbocycles. The van der Waals surface area contributed by atoms with E-state index in [0.717, 1.165) is 56.3 Å². The van der Waals surface area contributed by atoms with Crippen LogP contribution in [0.2, 0.25) is 5.02 Å². The molecule has 166 valence electrons. The predicted molar refractivity (Wildman–Crippen MR) is 123 cm³/mol. The summed E-state index contributed by atoms with van der Waals surface area (Å²) < 4.78 is 0. The lowest BCUT2D eigenvalue weighted by Crippen LogP contribution is -2.43. The number of hydrogen-bond acceptors (Lipinski definition) is 3. The summed E-state index contributed by atoms with van der Waals surface area (Å²) in [5, 5.41) is 3.91. The SMILES string of the molecule is CN(C=O)Cc1ccc(Cl)cc1.C[C@H]1CCCN1C(=O)N[C@H]1CCCc2ncccc21. The molecule has 0 bridgehead atoms. The van der Waals surface area contributed by atoms with Crippen LogP contribution in [-0.2, 0) is 17.8 Å². The zero-order valence-corrected chi connectivity index (χ0v) is 19.0. The normalized spacial score (nSPS) is 19.6. The van der Waals surface area contributed by atoms with Crippen molar-refractivity contribution in [2.24, 2.45) is 0 Å². The number of urea groups is 1. The molecule has 1 aromatic carbocycles. The standard InChI is InChI=1S/C15H21N3O.C9H10ClNO/c1-11-5-4-10-18(11)15(19)17-14-8-2-7-13-12(14)6-3-9-16-13;1-11(7-12)6-8-2-4-9(10)5-3-8/h3,6,9,11,14H,2,4-5,7-8,10H2,1H3,(H,17,19);2-5,7H,6H2,1H3/t11-,14-;/m0./s1. The van der Waals surface area contributed by atoms with Gasteiger partial charge in [0, 0.05) is 43.1 Å². The molecule has 1 N–H and O–H groups in total. The molecule has 2 aromatic rings. The Labute approximate surface area is 189 Å². The number of carbonyl (C=O) groups excluding carboxylic acids is 2. The number of aromatic nitrogens is 1. The van der Waals surface area contributed by atoms with Crippen LogP contribution in [0.3, 0.4) is 0 Å². The number of aryl methyl sites for hydroxylation is 1. The summed E-state index contributed by atoms with van der Waals surface area (Å²) in [5.41, 5.74) is 3.43. The summed E-state index contributed by atoms with van der Waals surface area (Å²) in [7, 11) is 1.74. The Morgan fingerprint density at radius 2 is 2.03 bits per heavy atom. The first kappa shape index (κ1) is 23.1. The molecule has 0 radical (unpaired) electrons. The van der Waals surface area contributed by atoms with Crippen LogP contribution in [-0.4, -0.2) is 46.9 Å². The minimum atomic E-state index is 0.0895. The molecule has 2 aliphatic rings. The van der Waals surface area contributed by atoms with Gasteiger partial charge >= 0.3 is 6.03 Å². The third-order valence-electron chi connectivity index (χ3n) is 5.84. The van der Waals surface area contributed by atoms with Gasteiger partial charge in [-0.3, -0.25) is 9.78 Å². The lowest BCUT2D eigenvalue weighted by Gasteiger charge is -2.29. The second-order valence-corrected chi connectivity index (χ2v) is 8.70. The molecule has 7 heteroatoms. The topological polar surface area (TPSA) is 65.5 Å². The monoisotopic (exact) mass is 442 g/mol. The summed E-state index contributed by atoms with van der Waals surface area (Å²) in [6, 6.07) is 12.1. The molecule has 0 unspecified atom stereocenters. The van der Waals surface area contributed by atoms with E-state index in [-0.39, 0.29) is 12.1 Å². The number of halogens is 1. The van der Waals surface area contributed by atoms with Gasteiger partial charge in [-0.25, -0.2) is 4.79 Å². The number of nitrogens with zero attached hydrogens (tertiary/aromatic N) is 3. The van der Waals surface area contributed by atoms with Gasteiger partial charge in [-0.05, 0) is 68.4 Å². The fraction of sp³-hybridized carbons (Fsp3) is 0.458. The number of likely N-dealkylation sites (tertiary alicyclic amines) is 1. The zero-order valence-electron chi connectivity index (χ0n) is 18.3. The van der Waals surface area contributed by atoms with E-state index in [2.05, 4.69) is 23.3 Å². The van der Waals surface area contributed by atoms with Gasteiger partial charge in [0.15, 0.2) is 0 Å². The third kappa shape index (κ3) is 6.44. The zero-order chi connectivity index (χ0) is 22.2. The maximum atomic E-state index is 12.3. The first-order valence-corrected chi connectivity index (χ1v) is 11.3. The molecule has 1 aliphatic heterocycles. The quantitative estimate of drug-likeness (QED) is 0.704. The number of nitrogens with one attached hydrogen (secondary N) is 1. The predicted octanol–water partition coefficient (Wildman–Crippen LogP) is 4.58. The summed E-state index contributed by atoms with van der Waals surface area (Å²) in [4.78, 5) is 30.6. The minimum absolute atomic E-state index is 0.0895. The Balaban J connectivity index is 0.000000196. The highest BCUT2D eigenvalue weighted by Gasteiger charge is 2.28. The average Bonchev–Trinajstić information content (AvgIpc) is 3.22. The van der Waals surface area contributed by atoms with Crippen molar-refractivity contribution >= 4 is 24.0 Å². The van der Waals surface area contributed by atoms with Crippen LogP contribution in [0, 0.1) is 0 Å². The van der Waals surface area contributed by atoms with Crippen molar-refractivity contribution in [1.29, 1.82) is 0 Å². The Morgan fingerprint density at radius 3 is 2.71 bits per heavy atom. The molecular formula is C24H31ClN4O2. The number of pyridine rings is 1. The highest BCUT2D eigenvalue weighted by molar-refractivity contribution is 6.30. The molecule has 4 rings (SSSR count). The van der Waals surface area contributed by atoms with Crippen molar-refractivity contribution in [2.75, 3.05) is 13.6 Å². The van der Waals surface area contributed by atoms with Gasteiger partial charge in [-0.2, -0.15) is 0 Å². The van der Waals surface area contributed by atoms with E-state index in [1.54, 1.807) is 11.9 Å². The second kappa shape index (κ2) is 11.1. The lowest BCUT2D eigenvalue weighted by atomic mass is 9.91. The molecule has 3 amide bonds. The van der Waals surface area contributed by atoms with Crippen molar-refractivity contribution < 1.29 is 9.59 Å². The molecule has 0 spiro atoms. The van der Waals surface area contributed by atoms with Crippen LogP contribution in [0.15, 0.2) is 42.6 Å². The van der Waals surface area contributed by atoms with Crippen LogP contribution in [0.1, 0.15) is 55.5 Å². The Morgan fingerprint density at radius 1 is 1.26 bits per heavy atom. The fourth-order valence-electron chi connectivity index (χ4n) is 4.14. The maximum absolute atomic E-state index is 12.3. The van der Waals surface area contributed by atoms with Crippen LogP contribution in [0.4, 0.5) is 4.79 Å². The number of amides is 3. The maximum Gasteiger partial charge on any atom is 0.318 e. The molecule has 1 fully saturated rings. The van der Waals surface area contributed by atoms with Crippen molar-refractivity contribution in [1.82, 2.24) is 20.1 Å². The lowest BCUT2D eigenvalue weighted by molar-refractivity contribution is -0.117. The Kier molecular flexibility index (Phi) is 8.29. The fourth-order valence-corrected chi connectivity index (χ4v) is 4.26. The first-order chi connectivity index (χ1) is 15.0. The average molecular weight is 443 g/mol. The van der Waals surface area contributed by atoms with E-state index in [1.807, 2.05) is 41.4 Å². The van der Waals surface area contributed by atoms with E-state index >= 15 is 0 Å². The highest BCUT2D eigenvalue weighted by Crippen LogP contribution is 2.28. The van der Waals surface area contributed by atoms with Crippen molar-refractivity contribution in [2.45, 2.75) is 57.7 Å². The van der Waals surface area contributed by atoms with Gasteiger partial charge in [0.1, 0.15) is 0 Å². The van der Waals surface area contributed by atoms with Gasteiger partial charge < -0.3 is 15.1 Å². The van der Waals surface area contributed by atoms with E-state index in [0.29, 0.717) is 17.6 Å². The Hall–Kier alpha value is -2.60. The third-order valence-corrected chi connectivity index (χ3v) is 6.10. The van der Waals surface area contributed by atoms with E-state index in [9.17, 15) is 9.59 Å². The largest absolute Gasteiger partial charge is 0.344 e. The summed E-state index contributed by atoms with van der Waals surface area (Å²) >= 11 is 5.70. The molecule has 1 aromatic heterocycles. The summed E-state index contributed by atoms with van der Waals surface area (Å²) in [5.74, 6) is 0. The highest BCUT2D eigenvalue weighted by atomic mass is 35.5. The van der Waals surface area contributed by atoms with E-state index in [4.69, 9.17) is 11.6 Å². The van der Waals surface area contributed by atoms with Gasteiger partial charge in [-0.1, -0.05) is 29.8 Å². The van der Waals surface area contributed by atoms with Gasteiger partial charge in [0.2, 0.25) is 6.41 Å². The molecule has 2 atom stereocenters. The molecule has 6 nitrogen and oxygen atoms in total. The molecule has 2 heterocycles. The number of hydrogen-bond donors (Lipinski definition) is 1. The molecular weight excluding hydrogens is 412 g/mol. The number of rotatable bonds is 4. The van der Waals surface area contributed by atoms with Crippen molar-refractivity contribution in [3.05, 3.63) is 64.4 Å². The van der Waals surface area contributed by atoms with Crippen LogP contribution in [0.5, 0.6) is 0 Å². The number of carbonyl (C=O) groups is 2. The summed E-state index contributed by atoms with van der Waals surface area (Å²) in [6.45, 7) is 3.64. The van der Waals surface area contributed by atoms with Crippen molar-refractivity contribution in [3.63, 3.8) is 0 Å². The van der Waals surface area contributed by atoms with Crippen LogP contribution in [0.25, 0.3) is 0 Å². The molecule has 0 saturated carbocycles. The number of benzene rings is 1. The smallest absolute Gasteiger partial charge is 0.318 e. The van der Waals surface area contributed by atoms with E-state index in [1.165, 1.54) is 5.56 Å². The summed E-state index contributed by atoms with van der Waals surface area (Å²) in [6.07, 6.45) is 8.04. The van der Waals surface area contributed by atoms with Gasteiger partial charge in [0.05, 0.1) is 6.04 Å². The molecule has 31 heavy (non-hydrogen) atoms. The number of fused-ring (bicyclic) bond motifs is 1. The Bertz CT molecular complexity index is 874. The van der Waals surface area contributed by atoms with Gasteiger partial charge in [-0.15, -0.1) is 0 Å².